The van der Waals surface area contributed by atoms with Crippen molar-refractivity contribution in [3.63, 3.8) is 0 Å². The Bertz CT molecular complexity index is 527. The van der Waals surface area contributed by atoms with Gasteiger partial charge in [-0.3, -0.25) is 0 Å². The second-order valence-electron chi connectivity index (χ2n) is 5.01. The van der Waals surface area contributed by atoms with Crippen molar-refractivity contribution in [3.05, 3.63) is 78.4 Å². The topological polar surface area (TPSA) is 9.23 Å². The number of methoxy groups -OCH3 is 1. The van der Waals surface area contributed by atoms with Gasteiger partial charge in [0.05, 0.1) is 7.11 Å². The van der Waals surface area contributed by atoms with E-state index in [0.717, 1.165) is 12.2 Å². The van der Waals surface area contributed by atoms with Crippen molar-refractivity contribution in [2.45, 2.75) is 18.8 Å². The molecule has 0 bridgehead atoms. The van der Waals surface area contributed by atoms with Crippen LogP contribution in [0.4, 0.5) is 0 Å². The molecule has 0 saturated heterocycles. The Kier molecular flexibility index (Phi) is 4.06. The standard InChI is InChI=1S/C18H20O/c1-4-18(2,14-15-8-6-5-7-9-15)16-10-12-17(19-3)13-11-16/h4-13H,1,14H2,2-3H3/t18-/m0/s1. The highest BCUT2D eigenvalue weighted by molar-refractivity contribution is 5.36. The van der Waals surface area contributed by atoms with Gasteiger partial charge in [0.15, 0.2) is 0 Å². The summed E-state index contributed by atoms with van der Waals surface area (Å²) in [6.45, 7) is 6.23. The van der Waals surface area contributed by atoms with E-state index in [4.69, 9.17) is 4.74 Å². The third-order valence-electron chi connectivity index (χ3n) is 3.61. The zero-order valence-electron chi connectivity index (χ0n) is 11.6. The highest BCUT2D eigenvalue weighted by Gasteiger charge is 2.23. The van der Waals surface area contributed by atoms with Crippen molar-refractivity contribution in [2.24, 2.45) is 0 Å². The van der Waals surface area contributed by atoms with Crippen molar-refractivity contribution in [1.29, 1.82) is 0 Å². The van der Waals surface area contributed by atoms with Gasteiger partial charge < -0.3 is 4.74 Å². The SMILES string of the molecule is C=C[C@@](C)(Cc1ccccc1)c1ccc(OC)cc1. The smallest absolute Gasteiger partial charge is 0.118 e. The molecule has 0 aliphatic carbocycles. The predicted molar refractivity (Wildman–Crippen MR) is 80.7 cm³/mol. The van der Waals surface area contributed by atoms with Gasteiger partial charge in [0, 0.05) is 5.41 Å². The first-order valence-electron chi connectivity index (χ1n) is 6.50. The van der Waals surface area contributed by atoms with Crippen molar-refractivity contribution < 1.29 is 4.74 Å². The van der Waals surface area contributed by atoms with Crippen LogP contribution in [-0.4, -0.2) is 7.11 Å². The highest BCUT2D eigenvalue weighted by Crippen LogP contribution is 2.30. The molecule has 0 unspecified atom stereocenters. The molecule has 1 atom stereocenters. The van der Waals surface area contributed by atoms with Gasteiger partial charge in [0.25, 0.3) is 0 Å². The van der Waals surface area contributed by atoms with Crippen molar-refractivity contribution in [1.82, 2.24) is 0 Å². The predicted octanol–water partition coefficient (Wildman–Crippen LogP) is 4.38. The molecule has 0 aliphatic heterocycles. The number of hydrogen-bond donors (Lipinski definition) is 0. The number of rotatable bonds is 5. The molecule has 0 N–H and O–H groups in total. The van der Waals surface area contributed by atoms with E-state index in [-0.39, 0.29) is 5.41 Å². The summed E-state index contributed by atoms with van der Waals surface area (Å²) < 4.78 is 5.21. The van der Waals surface area contributed by atoms with Crippen LogP contribution in [0.15, 0.2) is 67.3 Å². The molecule has 2 aromatic carbocycles. The molecule has 98 valence electrons. The minimum atomic E-state index is -0.0619. The van der Waals surface area contributed by atoms with E-state index in [9.17, 15) is 0 Å². The first-order chi connectivity index (χ1) is 9.18. The Labute approximate surface area is 115 Å². The van der Waals surface area contributed by atoms with Gasteiger partial charge in [0.1, 0.15) is 5.75 Å². The third kappa shape index (κ3) is 3.05. The molecule has 0 amide bonds. The molecule has 0 aliphatic rings. The maximum absolute atomic E-state index is 5.21. The molecule has 19 heavy (non-hydrogen) atoms. The summed E-state index contributed by atoms with van der Waals surface area (Å²) in [5, 5.41) is 0. The molecule has 0 fully saturated rings. The highest BCUT2D eigenvalue weighted by atomic mass is 16.5. The molecule has 0 spiro atoms. The van der Waals surface area contributed by atoms with Gasteiger partial charge in [-0.15, -0.1) is 6.58 Å². The van der Waals surface area contributed by atoms with E-state index in [0.29, 0.717) is 0 Å². The molecule has 0 heterocycles. The fourth-order valence-corrected chi connectivity index (χ4v) is 2.28. The van der Waals surface area contributed by atoms with E-state index in [1.54, 1.807) is 7.11 Å². The Morgan fingerprint density at radius 3 is 2.21 bits per heavy atom. The molecule has 1 heteroatoms. The average Bonchev–Trinajstić information content (AvgIpc) is 2.48. The largest absolute Gasteiger partial charge is 0.497 e. The van der Waals surface area contributed by atoms with Crippen LogP contribution in [0.25, 0.3) is 0 Å². The minimum absolute atomic E-state index is 0.0619. The van der Waals surface area contributed by atoms with Gasteiger partial charge in [-0.1, -0.05) is 55.5 Å². The maximum Gasteiger partial charge on any atom is 0.118 e. The van der Waals surface area contributed by atoms with Crippen LogP contribution in [0, 0.1) is 0 Å². The van der Waals surface area contributed by atoms with Gasteiger partial charge >= 0.3 is 0 Å². The summed E-state index contributed by atoms with van der Waals surface area (Å²) in [5.74, 6) is 0.884. The number of allylic oxidation sites excluding steroid dienone is 1. The normalized spacial score (nSPS) is 13.6. The lowest BCUT2D eigenvalue weighted by molar-refractivity contribution is 0.414. The Morgan fingerprint density at radius 1 is 1.05 bits per heavy atom. The first-order valence-corrected chi connectivity index (χ1v) is 6.50. The fourth-order valence-electron chi connectivity index (χ4n) is 2.28. The Morgan fingerprint density at radius 2 is 1.68 bits per heavy atom. The number of ether oxygens (including phenoxy) is 1. The average molecular weight is 252 g/mol. The third-order valence-corrected chi connectivity index (χ3v) is 3.61. The fraction of sp³-hybridized carbons (Fsp3) is 0.222. The van der Waals surface area contributed by atoms with Crippen LogP contribution in [0.3, 0.4) is 0 Å². The molecule has 2 rings (SSSR count). The monoisotopic (exact) mass is 252 g/mol. The van der Waals surface area contributed by atoms with E-state index in [2.05, 4.69) is 49.9 Å². The van der Waals surface area contributed by atoms with E-state index in [1.807, 2.05) is 24.3 Å². The quantitative estimate of drug-likeness (QED) is 0.717. The summed E-state index contributed by atoms with van der Waals surface area (Å²) in [4.78, 5) is 0. The molecule has 1 nitrogen and oxygen atoms in total. The minimum Gasteiger partial charge on any atom is -0.497 e. The van der Waals surface area contributed by atoms with Gasteiger partial charge in [-0.25, -0.2) is 0 Å². The summed E-state index contributed by atoms with van der Waals surface area (Å²) in [5.41, 5.74) is 2.51. The molecular weight excluding hydrogens is 232 g/mol. The van der Waals surface area contributed by atoms with E-state index >= 15 is 0 Å². The van der Waals surface area contributed by atoms with Crippen molar-refractivity contribution in [3.8, 4) is 5.75 Å². The zero-order valence-corrected chi connectivity index (χ0v) is 11.6. The van der Waals surface area contributed by atoms with Crippen LogP contribution in [-0.2, 0) is 11.8 Å². The van der Waals surface area contributed by atoms with E-state index in [1.165, 1.54) is 11.1 Å². The van der Waals surface area contributed by atoms with Crippen molar-refractivity contribution >= 4 is 0 Å². The van der Waals surface area contributed by atoms with E-state index < -0.39 is 0 Å². The summed E-state index contributed by atoms with van der Waals surface area (Å²) in [7, 11) is 1.69. The molecular formula is C18H20O. The molecule has 0 aromatic heterocycles. The van der Waals surface area contributed by atoms with Crippen LogP contribution in [0.2, 0.25) is 0 Å². The Balaban J connectivity index is 2.28. The molecule has 2 aromatic rings. The summed E-state index contributed by atoms with van der Waals surface area (Å²) in [6, 6.07) is 18.7. The lowest BCUT2D eigenvalue weighted by atomic mass is 9.77. The lowest BCUT2D eigenvalue weighted by Crippen LogP contribution is -2.21. The lowest BCUT2D eigenvalue weighted by Gasteiger charge is -2.27. The number of hydrogen-bond acceptors (Lipinski definition) is 1. The van der Waals surface area contributed by atoms with Gasteiger partial charge in [0.2, 0.25) is 0 Å². The first kappa shape index (κ1) is 13.4. The number of benzene rings is 2. The van der Waals surface area contributed by atoms with Crippen LogP contribution in [0.5, 0.6) is 5.75 Å². The second kappa shape index (κ2) is 5.75. The summed E-state index contributed by atoms with van der Waals surface area (Å²) >= 11 is 0. The van der Waals surface area contributed by atoms with Crippen LogP contribution < -0.4 is 4.74 Å². The van der Waals surface area contributed by atoms with Crippen molar-refractivity contribution in [2.75, 3.05) is 7.11 Å². The molecule has 0 radical (unpaired) electrons. The van der Waals surface area contributed by atoms with Crippen LogP contribution in [0.1, 0.15) is 18.1 Å². The summed E-state index contributed by atoms with van der Waals surface area (Å²) in [6.07, 6.45) is 2.98. The second-order valence-corrected chi connectivity index (χ2v) is 5.01. The van der Waals surface area contributed by atoms with Crippen LogP contribution >= 0.6 is 0 Å². The Hall–Kier alpha value is -2.02. The van der Waals surface area contributed by atoms with Gasteiger partial charge in [-0.05, 0) is 29.7 Å². The maximum atomic E-state index is 5.21. The zero-order chi connectivity index (χ0) is 13.7. The molecule has 0 saturated carbocycles. The van der Waals surface area contributed by atoms with Gasteiger partial charge in [-0.2, -0.15) is 0 Å².